The van der Waals surface area contributed by atoms with E-state index in [1.54, 1.807) is 78.9 Å². The number of amides is 5. The lowest BCUT2D eigenvalue weighted by Gasteiger charge is -2.27. The molecule has 6 N–H and O–H groups in total. The fraction of sp³-hybridized carbons (Fsp3) is 0.379. The average Bonchev–Trinajstić information content (AvgIpc) is 3.65. The van der Waals surface area contributed by atoms with Gasteiger partial charge in [0, 0.05) is 25.2 Å². The highest BCUT2D eigenvalue weighted by molar-refractivity contribution is 5.95. The van der Waals surface area contributed by atoms with Crippen LogP contribution in [0.1, 0.15) is 95.5 Å². The highest BCUT2D eigenvalue weighted by atomic mass is 16.5. The maximum absolute atomic E-state index is 14.7. The summed E-state index contributed by atoms with van der Waals surface area (Å²) in [6.45, 7) is 14.8. The molecule has 1 aliphatic carbocycles. The summed E-state index contributed by atoms with van der Waals surface area (Å²) < 4.78 is 17.6. The zero-order chi connectivity index (χ0) is 52.9. The maximum Gasteiger partial charge on any atom is 0.407 e. The third-order valence-corrected chi connectivity index (χ3v) is 11.8. The predicted molar refractivity (Wildman–Crippen MR) is 279 cm³/mol. The van der Waals surface area contributed by atoms with E-state index in [-0.39, 0.29) is 44.1 Å². The molecule has 0 unspecified atom stereocenters. The smallest absolute Gasteiger partial charge is 0.407 e. The highest BCUT2D eigenvalue weighted by Crippen LogP contribution is 2.44. The van der Waals surface area contributed by atoms with E-state index in [1.165, 1.54) is 0 Å². The molecule has 15 nitrogen and oxygen atoms in total. The van der Waals surface area contributed by atoms with E-state index < -0.39 is 77.6 Å². The Morgan fingerprint density at radius 2 is 0.932 bits per heavy atom. The number of ether oxygens (including phenoxy) is 3. The molecule has 0 radical (unpaired) electrons. The van der Waals surface area contributed by atoms with Crippen LogP contribution in [0.15, 0.2) is 127 Å². The van der Waals surface area contributed by atoms with Crippen molar-refractivity contribution in [1.29, 1.82) is 0 Å². The number of fused-ring (bicyclic) bond motifs is 3. The molecule has 5 aromatic carbocycles. The molecule has 0 bridgehead atoms. The van der Waals surface area contributed by atoms with Crippen molar-refractivity contribution in [2.24, 2.45) is 5.92 Å². The van der Waals surface area contributed by atoms with Crippen LogP contribution in [-0.4, -0.2) is 89.3 Å². The van der Waals surface area contributed by atoms with E-state index in [9.17, 15) is 33.9 Å². The molecular formula is C58H69N5O10. The first-order chi connectivity index (χ1) is 34.6. The zero-order valence-corrected chi connectivity index (χ0v) is 43.0. The van der Waals surface area contributed by atoms with Gasteiger partial charge >= 0.3 is 12.1 Å². The summed E-state index contributed by atoms with van der Waals surface area (Å²) in [6.07, 6.45) is -0.738. The van der Waals surface area contributed by atoms with E-state index in [4.69, 9.17) is 14.2 Å². The Balaban J connectivity index is 1.19. The van der Waals surface area contributed by atoms with Crippen LogP contribution in [0.5, 0.6) is 11.5 Å². The predicted octanol–water partition coefficient (Wildman–Crippen LogP) is 7.68. The minimum Gasteiger partial charge on any atom is -0.488 e. The summed E-state index contributed by atoms with van der Waals surface area (Å²) in [5, 5.41) is 23.8. The first kappa shape index (κ1) is 54.6. The Bertz CT molecular complexity index is 2650. The summed E-state index contributed by atoms with van der Waals surface area (Å²) in [6, 6.07) is 33.7. The Labute approximate surface area is 428 Å². The van der Waals surface area contributed by atoms with Gasteiger partial charge in [0.25, 0.3) is 0 Å². The molecule has 6 rings (SSSR count). The Hall–Kier alpha value is -7.68. The van der Waals surface area contributed by atoms with Gasteiger partial charge in [0.15, 0.2) is 0 Å². The first-order valence-electron chi connectivity index (χ1n) is 24.7. The van der Waals surface area contributed by atoms with Crippen LogP contribution in [-0.2, 0) is 48.0 Å². The monoisotopic (exact) mass is 996 g/mol. The average molecular weight is 996 g/mol. The van der Waals surface area contributed by atoms with Crippen molar-refractivity contribution < 1.29 is 48.1 Å². The number of carboxylic acid groups (broad SMARTS) is 1. The first-order valence-corrected chi connectivity index (χ1v) is 24.7. The Morgan fingerprint density at radius 1 is 0.521 bits per heavy atom. The molecular weight excluding hydrogens is 927 g/mol. The zero-order valence-electron chi connectivity index (χ0n) is 43.0. The Morgan fingerprint density at radius 3 is 1.38 bits per heavy atom. The third-order valence-electron chi connectivity index (χ3n) is 11.8. The number of carboxylic acids is 1. The molecule has 15 heteroatoms. The van der Waals surface area contributed by atoms with Gasteiger partial charge in [-0.2, -0.15) is 0 Å². The van der Waals surface area contributed by atoms with E-state index in [1.807, 2.05) is 104 Å². The van der Waals surface area contributed by atoms with Gasteiger partial charge in [0.1, 0.15) is 60.0 Å². The Kier molecular flexibility index (Phi) is 18.4. The number of hydrogen-bond acceptors (Lipinski definition) is 9. The van der Waals surface area contributed by atoms with Gasteiger partial charge in [0.05, 0.1) is 0 Å². The van der Waals surface area contributed by atoms with E-state index in [2.05, 4.69) is 26.6 Å². The minimum atomic E-state index is -1.33. The molecule has 386 valence electrons. The van der Waals surface area contributed by atoms with Gasteiger partial charge in [-0.3, -0.25) is 19.2 Å². The molecule has 0 fully saturated rings. The summed E-state index contributed by atoms with van der Waals surface area (Å²) in [5.74, 6) is -3.20. The molecule has 73 heavy (non-hydrogen) atoms. The summed E-state index contributed by atoms with van der Waals surface area (Å²) >= 11 is 0. The van der Waals surface area contributed by atoms with Gasteiger partial charge in [-0.15, -0.1) is 0 Å². The lowest BCUT2D eigenvalue weighted by Crippen LogP contribution is -2.59. The molecule has 0 saturated carbocycles. The fourth-order valence-electron chi connectivity index (χ4n) is 8.60. The van der Waals surface area contributed by atoms with Crippen molar-refractivity contribution >= 4 is 35.7 Å². The molecule has 5 amide bonds. The summed E-state index contributed by atoms with van der Waals surface area (Å²) in [4.78, 5) is 82.3. The van der Waals surface area contributed by atoms with Crippen LogP contribution in [0.3, 0.4) is 0 Å². The van der Waals surface area contributed by atoms with Crippen molar-refractivity contribution in [1.82, 2.24) is 26.6 Å². The number of carbonyl (C=O) groups is 6. The molecule has 0 spiro atoms. The number of carbonyl (C=O) groups excluding carboxylic acids is 5. The molecule has 0 heterocycles. The highest BCUT2D eigenvalue weighted by Gasteiger charge is 2.33. The second-order valence-corrected chi connectivity index (χ2v) is 20.8. The molecule has 0 aliphatic heterocycles. The van der Waals surface area contributed by atoms with Crippen molar-refractivity contribution in [3.63, 3.8) is 0 Å². The number of hydrogen-bond donors (Lipinski definition) is 6. The van der Waals surface area contributed by atoms with Gasteiger partial charge in [-0.05, 0) is 117 Å². The topological polar surface area (TPSA) is 210 Å². The number of rotatable bonds is 22. The van der Waals surface area contributed by atoms with Gasteiger partial charge < -0.3 is 45.9 Å². The van der Waals surface area contributed by atoms with Crippen LogP contribution in [0.2, 0.25) is 0 Å². The van der Waals surface area contributed by atoms with Crippen molar-refractivity contribution in [2.75, 3.05) is 13.2 Å². The van der Waals surface area contributed by atoms with Crippen molar-refractivity contribution in [3.05, 3.63) is 155 Å². The number of benzene rings is 5. The van der Waals surface area contributed by atoms with Crippen molar-refractivity contribution in [2.45, 2.75) is 122 Å². The SMILES string of the molecule is CC(C)C[C@@H](NC(=O)CNC(=O)OCC1c2ccccc2-c2ccccc21)C(=O)N[C@@H](Cc1ccc(OC(C)(C)C)cc1)C(=O)N[C@@H](Cc1ccc(OC(C)(C)C)cc1)C(=O)N[C@@H](Cc1ccccc1)C(=O)O. The molecule has 4 atom stereocenters. The fourth-order valence-corrected chi connectivity index (χ4v) is 8.60. The minimum absolute atomic E-state index is 0.0147. The standard InChI is InChI=1S/C58H69N5O10/c1-36(2)30-47(60-51(64)34-59-56(70)71-35-46-44-20-14-12-18-42(44)43-19-13-15-21-45(43)46)52(65)61-48(31-38-22-26-40(27-23-38)72-57(3,4)5)53(66)62-49(32-39-24-28-41(29-25-39)73-58(6,7)8)54(67)63-50(55(68)69)33-37-16-10-9-11-17-37/h9-29,36,46-50H,30-35H2,1-8H3,(H,59,70)(H,60,64)(H,61,65)(H,62,66)(H,63,67)(H,68,69)/t47-,48+,49+,50+/m1/s1. The van der Waals surface area contributed by atoms with E-state index in [0.29, 0.717) is 28.2 Å². The number of nitrogens with one attached hydrogen (secondary N) is 5. The van der Waals surface area contributed by atoms with Crippen LogP contribution in [0.25, 0.3) is 11.1 Å². The van der Waals surface area contributed by atoms with E-state index >= 15 is 0 Å². The summed E-state index contributed by atoms with van der Waals surface area (Å²) in [5.41, 5.74) is 5.24. The van der Waals surface area contributed by atoms with Crippen LogP contribution in [0.4, 0.5) is 4.79 Å². The largest absolute Gasteiger partial charge is 0.488 e. The second-order valence-electron chi connectivity index (χ2n) is 20.8. The lowest BCUT2D eigenvalue weighted by atomic mass is 9.98. The van der Waals surface area contributed by atoms with Crippen LogP contribution in [0, 0.1) is 5.92 Å². The van der Waals surface area contributed by atoms with Crippen LogP contribution >= 0.6 is 0 Å². The second kappa shape index (κ2) is 24.6. The van der Waals surface area contributed by atoms with Gasteiger partial charge in [-0.25, -0.2) is 9.59 Å². The molecule has 1 aliphatic rings. The number of aliphatic carboxylic acids is 1. The molecule has 0 saturated heterocycles. The normalized spacial score (nSPS) is 13.8. The number of alkyl carbamates (subject to hydrolysis) is 1. The van der Waals surface area contributed by atoms with E-state index in [0.717, 1.165) is 22.3 Å². The van der Waals surface area contributed by atoms with Gasteiger partial charge in [0.2, 0.25) is 23.6 Å². The third kappa shape index (κ3) is 16.7. The lowest BCUT2D eigenvalue weighted by molar-refractivity contribution is -0.142. The molecule has 5 aromatic rings. The van der Waals surface area contributed by atoms with Crippen molar-refractivity contribution in [3.8, 4) is 22.6 Å². The van der Waals surface area contributed by atoms with Crippen LogP contribution < -0.4 is 36.1 Å². The quantitative estimate of drug-likeness (QED) is 0.0398. The maximum atomic E-state index is 14.7. The van der Waals surface area contributed by atoms with Gasteiger partial charge in [-0.1, -0.05) is 117 Å². The summed E-state index contributed by atoms with van der Waals surface area (Å²) in [7, 11) is 0. The molecule has 0 aromatic heterocycles.